The molecule has 0 radical (unpaired) electrons. The number of methoxy groups -OCH3 is 1. The molecule has 3 aromatic rings. The number of carbonyl (C=O) groups excluding carboxylic acids is 1. The largest absolute Gasteiger partial charge is 0.497 e. The van der Waals surface area contributed by atoms with E-state index in [0.717, 1.165) is 11.6 Å². The summed E-state index contributed by atoms with van der Waals surface area (Å²) in [5.74, 6) is 0.761. The first-order valence-electron chi connectivity index (χ1n) is 8.68. The summed E-state index contributed by atoms with van der Waals surface area (Å²) in [6.45, 7) is -0.0147. The van der Waals surface area contributed by atoms with Crippen LogP contribution in [0.2, 0.25) is 0 Å². The molecule has 146 valence electrons. The van der Waals surface area contributed by atoms with Gasteiger partial charge in [-0.25, -0.2) is 0 Å². The van der Waals surface area contributed by atoms with Crippen LogP contribution in [0, 0.1) is 0 Å². The van der Waals surface area contributed by atoms with E-state index in [9.17, 15) is 18.0 Å². The second-order valence-electron chi connectivity index (χ2n) is 6.72. The predicted octanol–water partition coefficient (Wildman–Crippen LogP) is 3.10. The van der Waals surface area contributed by atoms with Crippen LogP contribution >= 0.6 is 0 Å². The monoisotopic (exact) mass is 390 g/mol. The summed E-state index contributed by atoms with van der Waals surface area (Å²) in [4.78, 5) is 12.8. The van der Waals surface area contributed by atoms with Gasteiger partial charge in [-0.15, -0.1) is 10.2 Å². The average Bonchev–Trinajstić information content (AvgIpc) is 3.40. The maximum absolute atomic E-state index is 13.1. The molecule has 9 heteroatoms. The quantitative estimate of drug-likeness (QED) is 0.727. The normalized spacial score (nSPS) is 15.4. The van der Waals surface area contributed by atoms with E-state index in [0.29, 0.717) is 18.6 Å². The van der Waals surface area contributed by atoms with Crippen molar-refractivity contribution in [2.24, 2.45) is 0 Å². The van der Waals surface area contributed by atoms with E-state index in [-0.39, 0.29) is 23.9 Å². The maximum Gasteiger partial charge on any atom is 0.420 e. The fraction of sp³-hybridized carbons (Fsp3) is 0.316. The second-order valence-corrected chi connectivity index (χ2v) is 6.72. The number of nitrogens with one attached hydrogen (secondary N) is 1. The number of carbonyl (C=O) groups is 1. The molecule has 1 fully saturated rings. The highest BCUT2D eigenvalue weighted by molar-refractivity contribution is 5.91. The number of amides is 1. The van der Waals surface area contributed by atoms with Crippen LogP contribution in [0.5, 0.6) is 5.75 Å². The Balaban J connectivity index is 1.52. The topological polar surface area (TPSA) is 68.5 Å². The molecule has 1 saturated carbocycles. The highest BCUT2D eigenvalue weighted by Gasteiger charge is 2.51. The Morgan fingerprint density at radius 2 is 1.93 bits per heavy atom. The molecule has 0 spiro atoms. The molecule has 6 nitrogen and oxygen atoms in total. The van der Waals surface area contributed by atoms with Crippen molar-refractivity contribution in [1.82, 2.24) is 19.9 Å². The van der Waals surface area contributed by atoms with Crippen molar-refractivity contribution in [2.45, 2.75) is 31.0 Å². The molecular weight excluding hydrogens is 373 g/mol. The summed E-state index contributed by atoms with van der Waals surface area (Å²) in [5.41, 5.74) is -0.868. The lowest BCUT2D eigenvalue weighted by molar-refractivity contribution is -0.136. The number of hydrogen-bond acceptors (Lipinski definition) is 4. The number of benzene rings is 1. The van der Waals surface area contributed by atoms with Crippen molar-refractivity contribution in [3.63, 3.8) is 0 Å². The first-order chi connectivity index (χ1) is 13.3. The molecule has 0 unspecified atom stereocenters. The zero-order chi connectivity index (χ0) is 19.9. The van der Waals surface area contributed by atoms with Crippen LogP contribution in [0.3, 0.4) is 0 Å². The Labute approximate surface area is 158 Å². The van der Waals surface area contributed by atoms with E-state index in [1.807, 2.05) is 12.1 Å². The van der Waals surface area contributed by atoms with Crippen molar-refractivity contribution >= 4 is 11.6 Å². The number of pyridine rings is 1. The fourth-order valence-electron chi connectivity index (χ4n) is 3.32. The third-order valence-corrected chi connectivity index (χ3v) is 5.05. The minimum Gasteiger partial charge on any atom is -0.497 e. The Kier molecular flexibility index (Phi) is 4.24. The van der Waals surface area contributed by atoms with Gasteiger partial charge in [-0.3, -0.25) is 9.20 Å². The molecule has 2 heterocycles. The first-order valence-corrected chi connectivity index (χ1v) is 8.68. The summed E-state index contributed by atoms with van der Waals surface area (Å²) in [5, 5.41) is 10.3. The summed E-state index contributed by atoms with van der Waals surface area (Å²) in [7, 11) is 1.57. The lowest BCUT2D eigenvalue weighted by Gasteiger charge is -2.16. The van der Waals surface area contributed by atoms with Crippen molar-refractivity contribution in [3.8, 4) is 5.75 Å². The summed E-state index contributed by atoms with van der Waals surface area (Å²) in [6, 6.07) is 9.54. The third-order valence-electron chi connectivity index (χ3n) is 5.05. The van der Waals surface area contributed by atoms with Crippen LogP contribution in [-0.4, -0.2) is 27.6 Å². The molecule has 0 saturated heterocycles. The van der Waals surface area contributed by atoms with Crippen LogP contribution in [-0.2, 0) is 22.9 Å². The van der Waals surface area contributed by atoms with Crippen LogP contribution in [0.4, 0.5) is 13.2 Å². The molecule has 4 rings (SSSR count). The van der Waals surface area contributed by atoms with Crippen LogP contribution in [0.25, 0.3) is 5.65 Å². The standard InChI is InChI=1S/C19H17F3N4O2/c1-28-13-6-4-12(5-7-13)18(8-9-18)17(27)23-11-15-24-25-16-14(19(20,21)22)3-2-10-26(15)16/h2-7,10H,8-9,11H2,1H3,(H,23,27). The van der Waals surface area contributed by atoms with E-state index in [2.05, 4.69) is 15.5 Å². The van der Waals surface area contributed by atoms with Gasteiger partial charge in [0.2, 0.25) is 5.91 Å². The van der Waals surface area contributed by atoms with Gasteiger partial charge < -0.3 is 10.1 Å². The highest BCUT2D eigenvalue weighted by atomic mass is 19.4. The van der Waals surface area contributed by atoms with E-state index in [1.165, 1.54) is 16.7 Å². The molecule has 1 amide bonds. The van der Waals surface area contributed by atoms with Gasteiger partial charge in [0.1, 0.15) is 11.3 Å². The van der Waals surface area contributed by atoms with Gasteiger partial charge in [-0.05, 0) is 42.7 Å². The molecule has 0 atom stereocenters. The van der Waals surface area contributed by atoms with Crippen LogP contribution in [0.15, 0.2) is 42.6 Å². The number of alkyl halides is 3. The molecule has 1 aliphatic carbocycles. The minimum atomic E-state index is -4.53. The average molecular weight is 390 g/mol. The predicted molar refractivity (Wildman–Crippen MR) is 93.7 cm³/mol. The molecule has 1 aliphatic rings. The Hall–Kier alpha value is -3.10. The van der Waals surface area contributed by atoms with Gasteiger partial charge in [0.25, 0.3) is 0 Å². The summed E-state index contributed by atoms with van der Waals surface area (Å²) >= 11 is 0. The van der Waals surface area contributed by atoms with Crippen LogP contribution < -0.4 is 10.1 Å². The maximum atomic E-state index is 13.1. The smallest absolute Gasteiger partial charge is 0.420 e. The Morgan fingerprint density at radius 3 is 2.54 bits per heavy atom. The molecule has 1 aromatic carbocycles. The minimum absolute atomic E-state index is 0.0147. The molecular formula is C19H17F3N4O2. The molecule has 1 N–H and O–H groups in total. The zero-order valence-electron chi connectivity index (χ0n) is 15.0. The number of halogens is 3. The summed E-state index contributed by atoms with van der Waals surface area (Å²) in [6.07, 6.45) is -1.65. The molecule has 0 bridgehead atoms. The number of rotatable bonds is 5. The van der Waals surface area contributed by atoms with Crippen molar-refractivity contribution in [3.05, 3.63) is 59.5 Å². The number of aromatic nitrogens is 3. The molecule has 0 aliphatic heterocycles. The van der Waals surface area contributed by atoms with Gasteiger partial charge in [0.05, 0.1) is 19.1 Å². The Bertz CT molecular complexity index is 1020. The van der Waals surface area contributed by atoms with Crippen LogP contribution in [0.1, 0.15) is 29.8 Å². The van der Waals surface area contributed by atoms with Crippen molar-refractivity contribution < 1.29 is 22.7 Å². The van der Waals surface area contributed by atoms with Crippen molar-refractivity contribution in [1.29, 1.82) is 0 Å². The van der Waals surface area contributed by atoms with E-state index >= 15 is 0 Å². The van der Waals surface area contributed by atoms with E-state index in [4.69, 9.17) is 4.74 Å². The van der Waals surface area contributed by atoms with Crippen molar-refractivity contribution in [2.75, 3.05) is 7.11 Å². The number of nitrogens with zero attached hydrogens (tertiary/aromatic N) is 3. The van der Waals surface area contributed by atoms with Gasteiger partial charge in [0.15, 0.2) is 11.5 Å². The fourth-order valence-corrected chi connectivity index (χ4v) is 3.32. The lowest BCUT2D eigenvalue weighted by atomic mass is 9.95. The number of fused-ring (bicyclic) bond motifs is 1. The van der Waals surface area contributed by atoms with Gasteiger partial charge in [-0.2, -0.15) is 13.2 Å². The zero-order valence-corrected chi connectivity index (χ0v) is 15.0. The lowest BCUT2D eigenvalue weighted by Crippen LogP contribution is -2.34. The van der Waals surface area contributed by atoms with E-state index < -0.39 is 17.2 Å². The number of ether oxygens (including phenoxy) is 1. The van der Waals surface area contributed by atoms with E-state index in [1.54, 1.807) is 19.2 Å². The molecule has 2 aromatic heterocycles. The first kappa shape index (κ1) is 18.3. The summed E-state index contributed by atoms with van der Waals surface area (Å²) < 4.78 is 45.6. The van der Waals surface area contributed by atoms with Gasteiger partial charge >= 0.3 is 6.18 Å². The third kappa shape index (κ3) is 3.06. The molecule has 28 heavy (non-hydrogen) atoms. The highest BCUT2D eigenvalue weighted by Crippen LogP contribution is 2.48. The SMILES string of the molecule is COc1ccc(C2(C(=O)NCc3nnc4c(C(F)(F)F)cccn34)CC2)cc1. The number of hydrogen-bond donors (Lipinski definition) is 1. The van der Waals surface area contributed by atoms with Gasteiger partial charge in [-0.1, -0.05) is 12.1 Å². The second kappa shape index (κ2) is 6.50. The van der Waals surface area contributed by atoms with Gasteiger partial charge in [0, 0.05) is 6.20 Å². The Morgan fingerprint density at radius 1 is 1.21 bits per heavy atom.